The molecule has 7 heteroatoms. The summed E-state index contributed by atoms with van der Waals surface area (Å²) in [5.74, 6) is -1.72. The lowest BCUT2D eigenvalue weighted by atomic mass is 10.5. The van der Waals surface area contributed by atoms with Gasteiger partial charge in [-0.3, -0.25) is 25.0 Å². The summed E-state index contributed by atoms with van der Waals surface area (Å²) in [6.45, 7) is -0.108. The third-order valence-corrected chi connectivity index (χ3v) is 1.54. The van der Waals surface area contributed by atoms with E-state index in [1.807, 2.05) is 0 Å². The molecule has 0 aromatic rings. The molecule has 14 heavy (non-hydrogen) atoms. The van der Waals surface area contributed by atoms with Crippen molar-refractivity contribution in [1.82, 2.24) is 15.5 Å². The van der Waals surface area contributed by atoms with Gasteiger partial charge in [0.05, 0.1) is 0 Å². The van der Waals surface area contributed by atoms with Crippen LogP contribution in [-0.4, -0.2) is 49.2 Å². The van der Waals surface area contributed by atoms with Crippen LogP contribution in [0.25, 0.3) is 0 Å². The molecule has 76 valence electrons. The normalized spacial score (nSPS) is 14.9. The summed E-state index contributed by atoms with van der Waals surface area (Å²) in [6, 6.07) is 0. The smallest absolute Gasteiger partial charge is 0.316 e. The predicted octanol–water partition coefficient (Wildman–Crippen LogP) is -2.32. The number of carbonyl (C=O) groups is 3. The van der Waals surface area contributed by atoms with Crippen LogP contribution in [0.1, 0.15) is 0 Å². The van der Waals surface area contributed by atoms with E-state index in [0.29, 0.717) is 0 Å². The van der Waals surface area contributed by atoms with Crippen LogP contribution >= 0.6 is 0 Å². The number of nitrogens with zero attached hydrogens (tertiary/aromatic N) is 2. The largest absolute Gasteiger partial charge is 0.347 e. The second-order valence-electron chi connectivity index (χ2n) is 2.86. The van der Waals surface area contributed by atoms with Crippen LogP contribution in [-0.2, 0) is 14.4 Å². The molecule has 7 nitrogen and oxygen atoms in total. The van der Waals surface area contributed by atoms with Gasteiger partial charge in [0.2, 0.25) is 11.9 Å². The third-order valence-electron chi connectivity index (χ3n) is 1.54. The molecule has 1 aliphatic heterocycles. The van der Waals surface area contributed by atoms with Crippen LogP contribution < -0.4 is 10.6 Å². The Hall–Kier alpha value is -1.92. The van der Waals surface area contributed by atoms with Crippen LogP contribution in [0.3, 0.4) is 0 Å². The number of nitrogens with one attached hydrogen (secondary N) is 2. The SMILES string of the molecule is CN(C)C(=O)CN=C1NC(=O)C(=O)N1. The van der Waals surface area contributed by atoms with Gasteiger partial charge in [0.15, 0.2) is 0 Å². The first-order valence-corrected chi connectivity index (χ1v) is 3.87. The summed E-state index contributed by atoms with van der Waals surface area (Å²) >= 11 is 0. The highest BCUT2D eigenvalue weighted by molar-refractivity contribution is 6.45. The minimum Gasteiger partial charge on any atom is -0.347 e. The molecular weight excluding hydrogens is 188 g/mol. The first kappa shape index (κ1) is 10.2. The van der Waals surface area contributed by atoms with Gasteiger partial charge in [0.1, 0.15) is 6.54 Å². The Kier molecular flexibility index (Phi) is 2.80. The maximum Gasteiger partial charge on any atom is 0.316 e. The van der Waals surface area contributed by atoms with Gasteiger partial charge >= 0.3 is 11.8 Å². The van der Waals surface area contributed by atoms with Crippen molar-refractivity contribution < 1.29 is 14.4 Å². The van der Waals surface area contributed by atoms with Crippen molar-refractivity contribution in [3.8, 4) is 0 Å². The van der Waals surface area contributed by atoms with Crippen molar-refractivity contribution in [3.63, 3.8) is 0 Å². The minimum absolute atomic E-state index is 0.0233. The van der Waals surface area contributed by atoms with Crippen LogP contribution in [0, 0.1) is 0 Å². The van der Waals surface area contributed by atoms with E-state index in [9.17, 15) is 14.4 Å². The number of likely N-dealkylation sites (N-methyl/N-ethyl adjacent to an activating group) is 1. The molecule has 0 atom stereocenters. The van der Waals surface area contributed by atoms with Crippen molar-refractivity contribution in [2.75, 3.05) is 20.6 Å². The molecular formula is C7H10N4O3. The Morgan fingerprint density at radius 3 is 2.21 bits per heavy atom. The molecule has 1 fully saturated rings. The second-order valence-corrected chi connectivity index (χ2v) is 2.86. The summed E-state index contributed by atoms with van der Waals surface area (Å²) in [5, 5.41) is 4.36. The summed E-state index contributed by atoms with van der Waals surface area (Å²) in [7, 11) is 3.18. The standard InChI is InChI=1S/C7H10N4O3/c1-11(2)4(12)3-8-7-9-5(13)6(14)10-7/h3H2,1-2H3,(H2,8,9,10,13,14). The number of hydrogen-bond donors (Lipinski definition) is 2. The molecule has 0 radical (unpaired) electrons. The van der Waals surface area contributed by atoms with Gasteiger partial charge in [-0.2, -0.15) is 0 Å². The zero-order valence-corrected chi connectivity index (χ0v) is 7.83. The van der Waals surface area contributed by atoms with E-state index in [2.05, 4.69) is 15.6 Å². The molecule has 2 N–H and O–H groups in total. The van der Waals surface area contributed by atoms with E-state index < -0.39 is 11.8 Å². The number of aliphatic imine (C=N–C) groups is 1. The zero-order chi connectivity index (χ0) is 10.7. The molecule has 1 aliphatic rings. The fourth-order valence-electron chi connectivity index (χ4n) is 0.727. The molecule has 3 amide bonds. The van der Waals surface area contributed by atoms with Crippen molar-refractivity contribution in [2.45, 2.75) is 0 Å². The van der Waals surface area contributed by atoms with Crippen LogP contribution in [0.2, 0.25) is 0 Å². The second kappa shape index (κ2) is 3.86. The highest BCUT2D eigenvalue weighted by atomic mass is 16.2. The maximum absolute atomic E-state index is 11.1. The van der Waals surface area contributed by atoms with E-state index in [4.69, 9.17) is 0 Å². The molecule has 0 spiro atoms. The van der Waals surface area contributed by atoms with Gasteiger partial charge in [-0.1, -0.05) is 0 Å². The first-order valence-electron chi connectivity index (χ1n) is 3.87. The molecule has 0 unspecified atom stereocenters. The Morgan fingerprint density at radius 1 is 1.29 bits per heavy atom. The van der Waals surface area contributed by atoms with Gasteiger partial charge in [0.25, 0.3) is 0 Å². The fraction of sp³-hybridized carbons (Fsp3) is 0.429. The molecule has 0 aliphatic carbocycles. The topological polar surface area (TPSA) is 90.9 Å². The number of rotatable bonds is 2. The van der Waals surface area contributed by atoms with Gasteiger partial charge < -0.3 is 4.90 Å². The van der Waals surface area contributed by atoms with E-state index in [1.54, 1.807) is 14.1 Å². The number of hydrogen-bond acceptors (Lipinski definition) is 4. The molecule has 1 rings (SSSR count). The van der Waals surface area contributed by atoms with E-state index in [-0.39, 0.29) is 18.4 Å². The predicted molar refractivity (Wildman–Crippen MR) is 47.3 cm³/mol. The first-order chi connectivity index (χ1) is 6.50. The number of guanidine groups is 1. The Bertz CT molecular complexity index is 303. The maximum atomic E-state index is 11.1. The fourth-order valence-corrected chi connectivity index (χ4v) is 0.727. The number of amides is 3. The molecule has 0 bridgehead atoms. The average molecular weight is 198 g/mol. The van der Waals surface area contributed by atoms with Crippen molar-refractivity contribution >= 4 is 23.7 Å². The zero-order valence-electron chi connectivity index (χ0n) is 7.83. The van der Waals surface area contributed by atoms with Crippen molar-refractivity contribution in [1.29, 1.82) is 0 Å². The van der Waals surface area contributed by atoms with Gasteiger partial charge in [-0.25, -0.2) is 4.99 Å². The lowest BCUT2D eigenvalue weighted by Gasteiger charge is -2.07. The van der Waals surface area contributed by atoms with Crippen LogP contribution in [0.5, 0.6) is 0 Å². The highest BCUT2D eigenvalue weighted by Crippen LogP contribution is 1.85. The van der Waals surface area contributed by atoms with E-state index >= 15 is 0 Å². The lowest BCUT2D eigenvalue weighted by Crippen LogP contribution is -2.29. The summed E-state index contributed by atoms with van der Waals surface area (Å²) < 4.78 is 0. The van der Waals surface area contributed by atoms with Crippen molar-refractivity contribution in [3.05, 3.63) is 0 Å². The molecule has 0 saturated carbocycles. The Balaban J connectivity index is 2.52. The van der Waals surface area contributed by atoms with E-state index in [0.717, 1.165) is 0 Å². The Morgan fingerprint density at radius 2 is 1.79 bits per heavy atom. The van der Waals surface area contributed by atoms with Gasteiger partial charge in [0, 0.05) is 14.1 Å². The highest BCUT2D eigenvalue weighted by Gasteiger charge is 2.25. The lowest BCUT2D eigenvalue weighted by molar-refractivity contribution is -0.135. The minimum atomic E-state index is -0.763. The molecule has 0 aromatic carbocycles. The summed E-state index contributed by atoms with van der Waals surface area (Å²) in [5.41, 5.74) is 0. The molecule has 1 heterocycles. The monoisotopic (exact) mass is 198 g/mol. The summed E-state index contributed by atoms with van der Waals surface area (Å²) in [6.07, 6.45) is 0. The summed E-state index contributed by atoms with van der Waals surface area (Å²) in [4.78, 5) is 37.5. The van der Waals surface area contributed by atoms with Gasteiger partial charge in [-0.05, 0) is 0 Å². The molecule has 1 saturated heterocycles. The van der Waals surface area contributed by atoms with Crippen molar-refractivity contribution in [2.24, 2.45) is 4.99 Å². The van der Waals surface area contributed by atoms with Gasteiger partial charge in [-0.15, -0.1) is 0 Å². The number of carbonyl (C=O) groups excluding carboxylic acids is 3. The van der Waals surface area contributed by atoms with E-state index in [1.165, 1.54) is 4.90 Å². The quantitative estimate of drug-likeness (QED) is 0.488. The van der Waals surface area contributed by atoms with Crippen LogP contribution in [0.15, 0.2) is 4.99 Å². The third kappa shape index (κ3) is 2.28. The Labute approximate surface area is 80.2 Å². The van der Waals surface area contributed by atoms with Crippen LogP contribution in [0.4, 0.5) is 0 Å². The molecule has 0 aromatic heterocycles. The average Bonchev–Trinajstić information content (AvgIpc) is 2.42.